The molecule has 0 heterocycles. The zero-order valence-corrected chi connectivity index (χ0v) is 6.92. The summed E-state index contributed by atoms with van der Waals surface area (Å²) in [5, 5.41) is 0. The fourth-order valence-corrected chi connectivity index (χ4v) is 0.877. The number of hydrogen-bond donors (Lipinski definition) is 1. The lowest BCUT2D eigenvalue weighted by molar-refractivity contribution is 0.549. The summed E-state index contributed by atoms with van der Waals surface area (Å²) in [5.74, 6) is 0. The van der Waals surface area contributed by atoms with Gasteiger partial charge in [-0.25, -0.2) is 0 Å². The molecule has 0 spiro atoms. The van der Waals surface area contributed by atoms with Crippen LogP contribution in [0.3, 0.4) is 0 Å². The highest BCUT2D eigenvalue weighted by molar-refractivity contribution is 7.90. The zero-order chi connectivity index (χ0) is 7.49. The van der Waals surface area contributed by atoms with Crippen LogP contribution in [0.25, 0.3) is 0 Å². The van der Waals surface area contributed by atoms with Crippen LogP contribution in [-0.4, -0.2) is 23.6 Å². The third-order valence-electron chi connectivity index (χ3n) is 0.771. The minimum atomic E-state index is -1.01. The van der Waals surface area contributed by atoms with E-state index in [0.29, 0.717) is 0 Å². The monoisotopic (exact) mass is 145 g/mol. The highest BCUT2D eigenvalue weighted by atomic mass is 32.2. The molecule has 2 radical (unpaired) electrons. The molecule has 0 amide bonds. The van der Waals surface area contributed by atoms with Gasteiger partial charge in [-0.1, -0.05) is 0 Å². The fraction of sp³-hybridized carbons (Fsp3) is 1.00. The van der Waals surface area contributed by atoms with Gasteiger partial charge in [0.15, 0.2) is 0 Å². The Labute approximate surface area is 61.1 Å². The molecule has 52 valence electrons. The molecule has 0 rings (SSSR count). The summed E-state index contributed by atoms with van der Waals surface area (Å²) >= 11 is -1.01. The second-order valence-corrected chi connectivity index (χ2v) is 4.78. The molecule has 4 heteroatoms. The molecule has 0 aliphatic rings. The average Bonchev–Trinajstić information content (AvgIpc) is 1.64. The van der Waals surface area contributed by atoms with Crippen molar-refractivity contribution in [3.8, 4) is 0 Å². The van der Waals surface area contributed by atoms with E-state index in [1.807, 2.05) is 20.8 Å². The Balaban J connectivity index is 3.59. The van der Waals surface area contributed by atoms with E-state index in [1.54, 1.807) is 0 Å². The van der Waals surface area contributed by atoms with Crippen molar-refractivity contribution >= 4 is 19.2 Å². The van der Waals surface area contributed by atoms with Gasteiger partial charge >= 0.3 is 0 Å². The molecule has 0 aliphatic heterocycles. The van der Waals surface area contributed by atoms with Crippen molar-refractivity contribution in [1.29, 1.82) is 0 Å². The summed E-state index contributed by atoms with van der Waals surface area (Å²) in [6, 6.07) is 0. The number of hydrogen-bond acceptors (Lipinski definition) is 2. The van der Waals surface area contributed by atoms with Crippen LogP contribution in [0.1, 0.15) is 20.8 Å². The van der Waals surface area contributed by atoms with E-state index < -0.39 is 11.4 Å². The van der Waals surface area contributed by atoms with E-state index in [4.69, 9.17) is 7.85 Å². The lowest BCUT2D eigenvalue weighted by atomic mass is 10.2. The molecule has 0 saturated carbocycles. The maximum Gasteiger partial charge on any atom is 0.136 e. The number of rotatable bonds is 2. The van der Waals surface area contributed by atoms with E-state index in [0.717, 1.165) is 0 Å². The molecule has 1 N–H and O–H groups in total. The summed E-state index contributed by atoms with van der Waals surface area (Å²) < 4.78 is 13.4. The molecule has 9 heavy (non-hydrogen) atoms. The van der Waals surface area contributed by atoms with Crippen molar-refractivity contribution in [2.24, 2.45) is 0 Å². The lowest BCUT2D eigenvalue weighted by Gasteiger charge is -2.22. The largest absolute Gasteiger partial charge is 0.598 e. The van der Waals surface area contributed by atoms with Crippen molar-refractivity contribution in [2.45, 2.75) is 25.5 Å². The van der Waals surface area contributed by atoms with Gasteiger partial charge in [0.2, 0.25) is 0 Å². The molecular weight excluding hydrogens is 133 g/mol. The van der Waals surface area contributed by atoms with Gasteiger partial charge in [-0.15, -0.1) is 4.72 Å². The van der Waals surface area contributed by atoms with Crippen LogP contribution in [0.5, 0.6) is 0 Å². The van der Waals surface area contributed by atoms with Crippen LogP contribution in [-0.2, 0) is 11.4 Å². The Morgan fingerprint density at radius 2 is 2.00 bits per heavy atom. The quantitative estimate of drug-likeness (QED) is 0.443. The normalized spacial score (nSPS) is 15.6. The second-order valence-electron chi connectivity index (χ2n) is 2.73. The molecule has 0 aromatic heterocycles. The van der Waals surface area contributed by atoms with Crippen molar-refractivity contribution in [2.75, 3.05) is 6.44 Å². The maximum atomic E-state index is 11.0. The topological polar surface area (TPSA) is 35.1 Å². The van der Waals surface area contributed by atoms with Gasteiger partial charge in [0, 0.05) is 17.8 Å². The lowest BCUT2D eigenvalue weighted by Crippen LogP contribution is -2.39. The first-order valence-electron chi connectivity index (χ1n) is 2.84. The van der Waals surface area contributed by atoms with Gasteiger partial charge in [0.1, 0.15) is 4.75 Å². The molecular formula is C5H12BNOS. The van der Waals surface area contributed by atoms with E-state index >= 15 is 0 Å². The predicted octanol–water partition coefficient (Wildman–Crippen LogP) is 0.164. The van der Waals surface area contributed by atoms with Crippen LogP contribution in [0.15, 0.2) is 0 Å². The first kappa shape index (κ1) is 9.33. The zero-order valence-electron chi connectivity index (χ0n) is 6.10. The smallest absolute Gasteiger partial charge is 0.136 e. The summed E-state index contributed by atoms with van der Waals surface area (Å²) in [5.41, 5.74) is 0. The molecule has 1 unspecified atom stereocenters. The highest BCUT2D eigenvalue weighted by Crippen LogP contribution is 2.11. The van der Waals surface area contributed by atoms with Crippen molar-refractivity contribution in [3.63, 3.8) is 0 Å². The van der Waals surface area contributed by atoms with Crippen molar-refractivity contribution < 1.29 is 4.55 Å². The average molecular weight is 145 g/mol. The fourth-order valence-electron chi connectivity index (χ4n) is 0.292. The summed E-state index contributed by atoms with van der Waals surface area (Å²) in [6.07, 6.45) is 0.268. The Morgan fingerprint density at radius 1 is 1.56 bits per heavy atom. The van der Waals surface area contributed by atoms with Crippen LogP contribution < -0.4 is 4.72 Å². The van der Waals surface area contributed by atoms with E-state index in [2.05, 4.69) is 4.72 Å². The second kappa shape index (κ2) is 3.49. The van der Waals surface area contributed by atoms with Gasteiger partial charge in [0.05, 0.1) is 7.85 Å². The first-order chi connectivity index (χ1) is 3.98. The highest BCUT2D eigenvalue weighted by Gasteiger charge is 2.24. The summed E-state index contributed by atoms with van der Waals surface area (Å²) in [4.78, 5) is 0. The standard InChI is InChI=1S/C5H12BNOS/c1-5(2,3)9(8)7-4-6/h7H,4H2,1-3H3. The molecule has 0 aliphatic carbocycles. The van der Waals surface area contributed by atoms with Gasteiger partial charge in [-0.2, -0.15) is 0 Å². The van der Waals surface area contributed by atoms with Crippen LogP contribution >= 0.6 is 0 Å². The summed E-state index contributed by atoms with van der Waals surface area (Å²) in [6.45, 7) is 5.68. The van der Waals surface area contributed by atoms with Crippen LogP contribution in [0.4, 0.5) is 0 Å². The van der Waals surface area contributed by atoms with Gasteiger partial charge < -0.3 is 4.55 Å². The van der Waals surface area contributed by atoms with Gasteiger partial charge in [0.25, 0.3) is 0 Å². The Morgan fingerprint density at radius 3 is 2.11 bits per heavy atom. The minimum absolute atomic E-state index is 0.209. The molecule has 1 atom stereocenters. The Kier molecular flexibility index (Phi) is 3.62. The third kappa shape index (κ3) is 3.84. The SMILES string of the molecule is [B]CN[S+]([O-])C(C)(C)C. The van der Waals surface area contributed by atoms with Crippen molar-refractivity contribution in [1.82, 2.24) is 4.72 Å². The Hall–Kier alpha value is 0.335. The Bertz CT molecular complexity index is 83.5. The first-order valence-corrected chi connectivity index (χ1v) is 3.99. The van der Waals surface area contributed by atoms with E-state index in [1.165, 1.54) is 0 Å². The maximum absolute atomic E-state index is 11.0. The molecule has 0 aromatic rings. The molecule has 0 aromatic carbocycles. The van der Waals surface area contributed by atoms with Crippen LogP contribution in [0, 0.1) is 0 Å². The van der Waals surface area contributed by atoms with Crippen molar-refractivity contribution in [3.05, 3.63) is 0 Å². The third-order valence-corrected chi connectivity index (χ3v) is 2.31. The molecule has 2 nitrogen and oxygen atoms in total. The van der Waals surface area contributed by atoms with Gasteiger partial charge in [-0.3, -0.25) is 0 Å². The summed E-state index contributed by atoms with van der Waals surface area (Å²) in [7, 11) is 5.12. The van der Waals surface area contributed by atoms with E-state index in [9.17, 15) is 4.55 Å². The van der Waals surface area contributed by atoms with E-state index in [-0.39, 0.29) is 11.2 Å². The number of nitrogens with one attached hydrogen (secondary N) is 1. The van der Waals surface area contributed by atoms with Gasteiger partial charge in [-0.05, 0) is 20.8 Å². The van der Waals surface area contributed by atoms with Crippen LogP contribution in [0.2, 0.25) is 0 Å². The minimum Gasteiger partial charge on any atom is -0.598 e. The molecule has 0 fully saturated rings. The predicted molar refractivity (Wildman–Crippen MR) is 41.7 cm³/mol. The molecule has 0 saturated heterocycles. The molecule has 0 bridgehead atoms.